The van der Waals surface area contributed by atoms with Crippen molar-refractivity contribution < 1.29 is 14.3 Å². The molecule has 168 valence electrons. The minimum Gasteiger partial charge on any atom is -0.458 e. The third kappa shape index (κ3) is 3.31. The lowest BCUT2D eigenvalue weighted by Crippen LogP contribution is -2.56. The van der Waals surface area contributed by atoms with Crippen LogP contribution in [0.15, 0.2) is 18.5 Å². The van der Waals surface area contributed by atoms with Crippen molar-refractivity contribution >= 4 is 34.3 Å². The number of esters is 1. The van der Waals surface area contributed by atoms with Crippen LogP contribution in [0.3, 0.4) is 0 Å². The third-order valence-corrected chi connectivity index (χ3v) is 11.5. The Labute approximate surface area is 199 Å². The van der Waals surface area contributed by atoms with Crippen LogP contribution in [0.5, 0.6) is 0 Å². The van der Waals surface area contributed by atoms with Crippen molar-refractivity contribution in [3.63, 3.8) is 0 Å². The normalized spacial score (nSPS) is 44.2. The van der Waals surface area contributed by atoms with Gasteiger partial charge in [-0.3, -0.25) is 9.78 Å². The lowest BCUT2D eigenvalue weighted by molar-refractivity contribution is -0.139. The molecular formula is C26H34INO3. The number of halogens is 1. The number of aryl methyl sites for hydroxylation is 1. The highest BCUT2D eigenvalue weighted by Crippen LogP contribution is 2.66. The van der Waals surface area contributed by atoms with Gasteiger partial charge in [0.1, 0.15) is 11.9 Å². The summed E-state index contributed by atoms with van der Waals surface area (Å²) in [5, 5.41) is 0. The molecule has 0 bridgehead atoms. The summed E-state index contributed by atoms with van der Waals surface area (Å²) in [6, 6.07) is 1.87. The second-order valence-corrected chi connectivity index (χ2v) is 12.5. The number of alkyl halides is 1. The van der Waals surface area contributed by atoms with Gasteiger partial charge in [-0.05, 0) is 92.6 Å². The second-order valence-electron chi connectivity index (χ2n) is 11.1. The number of nitrogens with zero attached hydrogens (tertiary/aromatic N) is 1. The van der Waals surface area contributed by atoms with Crippen LogP contribution in [0.1, 0.15) is 81.1 Å². The Morgan fingerprint density at radius 2 is 1.81 bits per heavy atom. The Balaban J connectivity index is 1.36. The summed E-state index contributed by atoms with van der Waals surface area (Å²) in [5.74, 6) is 2.85. The van der Waals surface area contributed by atoms with E-state index >= 15 is 0 Å². The summed E-state index contributed by atoms with van der Waals surface area (Å²) >= 11 is 2.44. The Bertz CT molecular complexity index is 902. The molecule has 0 aromatic carbocycles. The standard InChI is InChI=1S/C26H34INO3/c1-15-10-13-28-14-17(15)24(30)31-22-7-6-18-16-4-5-20-23(27)21(29)9-12-25(20,2)19(16)8-11-26(18,22)3/h10,13-14,16,18-20,22-23H,4-9,11-12H2,1-3H3/t16-,18-,19-,20?,22-,23?,25+,26-/m0/s1. The molecule has 4 saturated carbocycles. The Morgan fingerprint density at radius 1 is 1.06 bits per heavy atom. The number of fused-ring (bicyclic) bond motifs is 5. The molecule has 5 rings (SSSR count). The van der Waals surface area contributed by atoms with Gasteiger partial charge in [-0.15, -0.1) is 0 Å². The molecular weight excluding hydrogens is 501 g/mol. The number of ether oxygens (including phenoxy) is 1. The average Bonchev–Trinajstić information content (AvgIpc) is 3.07. The van der Waals surface area contributed by atoms with Crippen LogP contribution in [0, 0.1) is 41.4 Å². The van der Waals surface area contributed by atoms with Crippen LogP contribution in [-0.2, 0) is 9.53 Å². The van der Waals surface area contributed by atoms with Crippen LogP contribution >= 0.6 is 22.6 Å². The van der Waals surface area contributed by atoms with Crippen molar-refractivity contribution in [3.8, 4) is 0 Å². The Morgan fingerprint density at radius 3 is 2.58 bits per heavy atom. The molecule has 2 unspecified atom stereocenters. The molecule has 4 aliphatic carbocycles. The van der Waals surface area contributed by atoms with Crippen LogP contribution in [0.25, 0.3) is 0 Å². The van der Waals surface area contributed by atoms with Gasteiger partial charge in [0.25, 0.3) is 0 Å². The first-order valence-electron chi connectivity index (χ1n) is 12.0. The molecule has 31 heavy (non-hydrogen) atoms. The van der Waals surface area contributed by atoms with Crippen LogP contribution < -0.4 is 0 Å². The number of carbonyl (C=O) groups excluding carboxylic acids is 2. The summed E-state index contributed by atoms with van der Waals surface area (Å²) < 4.78 is 6.37. The van der Waals surface area contributed by atoms with E-state index in [-0.39, 0.29) is 21.4 Å². The van der Waals surface area contributed by atoms with E-state index in [9.17, 15) is 9.59 Å². The Kier molecular flexibility index (Phi) is 5.50. The van der Waals surface area contributed by atoms with Crippen LogP contribution in [-0.4, -0.2) is 26.8 Å². The molecule has 1 aromatic heterocycles. The number of aromatic nitrogens is 1. The number of rotatable bonds is 2. The maximum Gasteiger partial charge on any atom is 0.340 e. The van der Waals surface area contributed by atoms with E-state index in [0.29, 0.717) is 40.4 Å². The zero-order valence-electron chi connectivity index (χ0n) is 18.9. The zero-order valence-corrected chi connectivity index (χ0v) is 21.1. The van der Waals surface area contributed by atoms with E-state index in [1.165, 1.54) is 19.3 Å². The van der Waals surface area contributed by atoms with Crippen molar-refractivity contribution in [1.29, 1.82) is 0 Å². The van der Waals surface area contributed by atoms with Gasteiger partial charge in [-0.2, -0.15) is 0 Å². The summed E-state index contributed by atoms with van der Waals surface area (Å²) in [4.78, 5) is 29.5. The Hall–Kier alpha value is -0.980. The molecule has 8 atom stereocenters. The fraction of sp³-hybridized carbons (Fsp3) is 0.731. The van der Waals surface area contributed by atoms with Crippen molar-refractivity contribution in [1.82, 2.24) is 4.98 Å². The van der Waals surface area contributed by atoms with Gasteiger partial charge in [0.15, 0.2) is 0 Å². The maximum absolute atomic E-state index is 12.9. The first kappa shape index (κ1) is 21.8. The molecule has 1 heterocycles. The molecule has 0 spiro atoms. The van der Waals surface area contributed by atoms with Crippen LogP contribution in [0.2, 0.25) is 0 Å². The van der Waals surface area contributed by atoms with Gasteiger partial charge in [0, 0.05) is 24.2 Å². The highest BCUT2D eigenvalue weighted by Gasteiger charge is 2.62. The molecule has 5 heteroatoms. The smallest absolute Gasteiger partial charge is 0.340 e. The summed E-state index contributed by atoms with van der Waals surface area (Å²) in [7, 11) is 0. The van der Waals surface area contributed by atoms with E-state index in [1.54, 1.807) is 12.4 Å². The number of carbonyl (C=O) groups is 2. The van der Waals surface area contributed by atoms with E-state index in [0.717, 1.165) is 37.7 Å². The van der Waals surface area contributed by atoms with Gasteiger partial charge in [0.05, 0.1) is 9.49 Å². The molecule has 4 fully saturated rings. The minimum atomic E-state index is -0.214. The monoisotopic (exact) mass is 535 g/mol. The van der Waals surface area contributed by atoms with Crippen LogP contribution in [0.4, 0.5) is 0 Å². The third-order valence-electron chi connectivity index (χ3n) is 9.93. The maximum atomic E-state index is 12.9. The molecule has 0 radical (unpaired) electrons. The number of Topliss-reactive ketones (excluding diaryl/α,β-unsaturated/α-hetero) is 1. The van der Waals surface area contributed by atoms with Crippen molar-refractivity contribution in [2.24, 2.45) is 34.5 Å². The predicted molar refractivity (Wildman–Crippen MR) is 128 cm³/mol. The topological polar surface area (TPSA) is 56.3 Å². The quantitative estimate of drug-likeness (QED) is 0.267. The van der Waals surface area contributed by atoms with E-state index in [4.69, 9.17) is 4.74 Å². The molecule has 0 aliphatic heterocycles. The molecule has 1 aromatic rings. The zero-order chi connectivity index (χ0) is 22.0. The second kappa shape index (κ2) is 7.81. The van der Waals surface area contributed by atoms with Gasteiger partial charge in [-0.1, -0.05) is 36.4 Å². The fourth-order valence-electron chi connectivity index (χ4n) is 8.11. The fourth-order valence-corrected chi connectivity index (χ4v) is 9.60. The minimum absolute atomic E-state index is 0.00124. The highest BCUT2D eigenvalue weighted by molar-refractivity contribution is 14.1. The van der Waals surface area contributed by atoms with Gasteiger partial charge in [-0.25, -0.2) is 4.79 Å². The summed E-state index contributed by atoms with van der Waals surface area (Å²) in [5.41, 5.74) is 1.89. The lowest BCUT2D eigenvalue weighted by atomic mass is 9.45. The number of pyridine rings is 1. The molecule has 0 amide bonds. The van der Waals surface area contributed by atoms with Gasteiger partial charge >= 0.3 is 5.97 Å². The molecule has 4 aliphatic rings. The number of hydrogen-bond donors (Lipinski definition) is 0. The van der Waals surface area contributed by atoms with Gasteiger partial charge < -0.3 is 4.74 Å². The van der Waals surface area contributed by atoms with Crippen molar-refractivity contribution in [3.05, 3.63) is 29.6 Å². The number of hydrogen-bond acceptors (Lipinski definition) is 4. The van der Waals surface area contributed by atoms with E-state index < -0.39 is 0 Å². The van der Waals surface area contributed by atoms with Crippen molar-refractivity contribution in [2.75, 3.05) is 0 Å². The first-order valence-corrected chi connectivity index (χ1v) is 13.3. The molecule has 0 N–H and O–H groups in total. The molecule has 4 nitrogen and oxygen atoms in total. The number of ketones is 1. The molecule has 0 saturated heterocycles. The van der Waals surface area contributed by atoms with E-state index in [2.05, 4.69) is 41.4 Å². The summed E-state index contributed by atoms with van der Waals surface area (Å²) in [6.45, 7) is 6.82. The van der Waals surface area contributed by atoms with Crippen molar-refractivity contribution in [2.45, 2.75) is 82.2 Å². The highest BCUT2D eigenvalue weighted by atomic mass is 127. The summed E-state index contributed by atoms with van der Waals surface area (Å²) in [6.07, 6.45) is 12.1. The largest absolute Gasteiger partial charge is 0.458 e. The van der Waals surface area contributed by atoms with E-state index in [1.807, 2.05) is 13.0 Å². The SMILES string of the molecule is Cc1ccncc1C(=O)O[C@H]1CC[C@H]2[C@@H]3CCC4C(I)C(=O)CC[C@]4(C)[C@H]3CC[C@]12C. The lowest BCUT2D eigenvalue weighted by Gasteiger charge is -2.60. The average molecular weight is 535 g/mol. The first-order chi connectivity index (χ1) is 14.8. The predicted octanol–water partition coefficient (Wildman–Crippen LogP) is 5.94. The van der Waals surface area contributed by atoms with Gasteiger partial charge in [0.2, 0.25) is 0 Å².